The first-order valence-electron chi connectivity index (χ1n) is 7.49. The van der Waals surface area contributed by atoms with Crippen molar-refractivity contribution in [2.75, 3.05) is 0 Å². The molecule has 0 fully saturated rings. The molecular weight excluding hydrogens is 264 g/mol. The number of allylic oxidation sites excluding steroid dienone is 4. The third-order valence-electron chi connectivity index (χ3n) is 4.00. The highest BCUT2D eigenvalue weighted by molar-refractivity contribution is 6.09. The topological polar surface area (TPSA) is 0 Å². The fraction of sp³-hybridized carbons (Fsp3) is 0.182. The maximum atomic E-state index is 4.15. The molecule has 0 heterocycles. The molecule has 0 saturated carbocycles. The van der Waals surface area contributed by atoms with Crippen molar-refractivity contribution in [3.8, 4) is 0 Å². The quantitative estimate of drug-likeness (QED) is 0.569. The molecule has 2 aromatic rings. The van der Waals surface area contributed by atoms with Crippen LogP contribution in [-0.4, -0.2) is 0 Å². The van der Waals surface area contributed by atoms with E-state index < -0.39 is 0 Å². The van der Waals surface area contributed by atoms with E-state index in [0.29, 0.717) is 0 Å². The van der Waals surface area contributed by atoms with Crippen LogP contribution >= 0.6 is 0 Å². The summed E-state index contributed by atoms with van der Waals surface area (Å²) in [5.74, 6) is 0. The van der Waals surface area contributed by atoms with Crippen molar-refractivity contribution in [2.45, 2.75) is 27.7 Å². The van der Waals surface area contributed by atoms with Gasteiger partial charge in [-0.1, -0.05) is 72.9 Å². The SMILES string of the molecule is C=C(C)c1ccc(C(=C)C)c2c(C(=C)C)ccc(C(=C)C)c12. The normalized spacial score (nSPS) is 10.5. The Labute approximate surface area is 134 Å². The average molecular weight is 288 g/mol. The molecule has 0 unspecified atom stereocenters. The van der Waals surface area contributed by atoms with Gasteiger partial charge in [-0.15, -0.1) is 0 Å². The van der Waals surface area contributed by atoms with Crippen molar-refractivity contribution in [3.05, 3.63) is 72.8 Å². The summed E-state index contributed by atoms with van der Waals surface area (Å²) in [6, 6.07) is 8.57. The van der Waals surface area contributed by atoms with Gasteiger partial charge in [-0.3, -0.25) is 0 Å². The molecule has 22 heavy (non-hydrogen) atoms. The molecule has 0 nitrogen and oxygen atoms in total. The highest BCUT2D eigenvalue weighted by Crippen LogP contribution is 2.38. The van der Waals surface area contributed by atoms with E-state index in [2.05, 4.69) is 50.6 Å². The van der Waals surface area contributed by atoms with Crippen molar-refractivity contribution in [1.82, 2.24) is 0 Å². The van der Waals surface area contributed by atoms with Crippen LogP contribution in [0, 0.1) is 0 Å². The van der Waals surface area contributed by atoms with Crippen LogP contribution in [0.1, 0.15) is 49.9 Å². The molecule has 0 radical (unpaired) electrons. The zero-order chi connectivity index (χ0) is 16.6. The molecule has 0 aliphatic carbocycles. The molecule has 0 bridgehead atoms. The van der Waals surface area contributed by atoms with Gasteiger partial charge >= 0.3 is 0 Å². The zero-order valence-corrected chi connectivity index (χ0v) is 14.1. The Morgan fingerprint density at radius 3 is 0.818 bits per heavy atom. The third kappa shape index (κ3) is 2.57. The first-order valence-corrected chi connectivity index (χ1v) is 7.49. The summed E-state index contributed by atoms with van der Waals surface area (Å²) in [7, 11) is 0. The van der Waals surface area contributed by atoms with Crippen LogP contribution in [0.15, 0.2) is 50.6 Å². The molecule has 0 saturated heterocycles. The van der Waals surface area contributed by atoms with E-state index in [0.717, 1.165) is 22.3 Å². The van der Waals surface area contributed by atoms with Gasteiger partial charge in [-0.05, 0) is 60.7 Å². The van der Waals surface area contributed by atoms with E-state index in [1.807, 2.05) is 27.7 Å². The zero-order valence-electron chi connectivity index (χ0n) is 14.1. The summed E-state index contributed by atoms with van der Waals surface area (Å²) >= 11 is 0. The van der Waals surface area contributed by atoms with E-state index in [1.165, 1.54) is 33.0 Å². The summed E-state index contributed by atoms with van der Waals surface area (Å²) in [6.45, 7) is 24.8. The van der Waals surface area contributed by atoms with Gasteiger partial charge < -0.3 is 0 Å². The predicted octanol–water partition coefficient (Wildman–Crippen LogP) is 6.97. The molecule has 0 atom stereocenters. The summed E-state index contributed by atoms with van der Waals surface area (Å²) in [4.78, 5) is 0. The molecule has 0 heteroatoms. The minimum Gasteiger partial charge on any atom is -0.0955 e. The Balaban J connectivity index is 3.17. The Morgan fingerprint density at radius 1 is 0.500 bits per heavy atom. The Hall–Kier alpha value is -2.34. The Kier molecular flexibility index (Phi) is 4.23. The molecular formula is C22H24. The number of benzene rings is 2. The van der Waals surface area contributed by atoms with Gasteiger partial charge in [-0.25, -0.2) is 0 Å². The van der Waals surface area contributed by atoms with E-state index in [1.54, 1.807) is 0 Å². The lowest BCUT2D eigenvalue weighted by Gasteiger charge is -2.19. The summed E-state index contributed by atoms with van der Waals surface area (Å²) < 4.78 is 0. The van der Waals surface area contributed by atoms with E-state index in [-0.39, 0.29) is 0 Å². The molecule has 0 N–H and O–H groups in total. The molecule has 0 aromatic heterocycles. The molecule has 2 aromatic carbocycles. The van der Waals surface area contributed by atoms with Gasteiger partial charge in [0.05, 0.1) is 0 Å². The lowest BCUT2D eigenvalue weighted by atomic mass is 9.85. The molecule has 0 aliphatic rings. The van der Waals surface area contributed by atoms with Gasteiger partial charge in [0.2, 0.25) is 0 Å². The molecule has 0 spiro atoms. The van der Waals surface area contributed by atoms with Gasteiger partial charge in [0.1, 0.15) is 0 Å². The van der Waals surface area contributed by atoms with Crippen LogP contribution in [0.25, 0.3) is 33.1 Å². The van der Waals surface area contributed by atoms with Crippen molar-refractivity contribution in [3.63, 3.8) is 0 Å². The molecule has 0 amide bonds. The van der Waals surface area contributed by atoms with Crippen LogP contribution < -0.4 is 0 Å². The number of fused-ring (bicyclic) bond motifs is 1. The van der Waals surface area contributed by atoms with E-state index in [9.17, 15) is 0 Å². The fourth-order valence-electron chi connectivity index (χ4n) is 2.92. The molecule has 2 rings (SSSR count). The highest BCUT2D eigenvalue weighted by atomic mass is 14.2. The van der Waals surface area contributed by atoms with Crippen LogP contribution in [-0.2, 0) is 0 Å². The monoisotopic (exact) mass is 288 g/mol. The maximum absolute atomic E-state index is 4.15. The fourth-order valence-corrected chi connectivity index (χ4v) is 2.92. The van der Waals surface area contributed by atoms with Crippen molar-refractivity contribution >= 4 is 33.1 Å². The number of hydrogen-bond acceptors (Lipinski definition) is 0. The first-order chi connectivity index (χ1) is 10.3. The second-order valence-corrected chi connectivity index (χ2v) is 6.19. The second-order valence-electron chi connectivity index (χ2n) is 6.19. The van der Waals surface area contributed by atoms with Gasteiger partial charge in [0.25, 0.3) is 0 Å². The maximum Gasteiger partial charge on any atom is -0.00217 e. The summed E-state index contributed by atoms with van der Waals surface area (Å²) in [6.07, 6.45) is 0. The first kappa shape index (κ1) is 16.0. The van der Waals surface area contributed by atoms with Crippen LogP contribution in [0.2, 0.25) is 0 Å². The largest absolute Gasteiger partial charge is 0.0955 e. The van der Waals surface area contributed by atoms with Gasteiger partial charge in [0, 0.05) is 0 Å². The highest BCUT2D eigenvalue weighted by Gasteiger charge is 2.15. The van der Waals surface area contributed by atoms with E-state index >= 15 is 0 Å². The van der Waals surface area contributed by atoms with Crippen molar-refractivity contribution < 1.29 is 0 Å². The predicted molar refractivity (Wildman–Crippen MR) is 103 cm³/mol. The molecule has 112 valence electrons. The van der Waals surface area contributed by atoms with Gasteiger partial charge in [0.15, 0.2) is 0 Å². The lowest BCUT2D eigenvalue weighted by molar-refractivity contribution is 1.52. The standard InChI is InChI=1S/C22H24/c1-13(2)17-9-10-19(15(5)6)22-20(16(7)8)12-11-18(14(3)4)21(17)22/h9-12H,1,3,5,7H2,2,4,6,8H3. The van der Waals surface area contributed by atoms with Crippen LogP contribution in [0.5, 0.6) is 0 Å². The van der Waals surface area contributed by atoms with Crippen LogP contribution in [0.3, 0.4) is 0 Å². The van der Waals surface area contributed by atoms with E-state index in [4.69, 9.17) is 0 Å². The summed E-state index contributed by atoms with van der Waals surface area (Å²) in [5.41, 5.74) is 8.89. The molecule has 0 aliphatic heterocycles. The van der Waals surface area contributed by atoms with Crippen molar-refractivity contribution in [2.24, 2.45) is 0 Å². The smallest absolute Gasteiger partial charge is 0.00217 e. The number of rotatable bonds is 4. The van der Waals surface area contributed by atoms with Gasteiger partial charge in [-0.2, -0.15) is 0 Å². The Morgan fingerprint density at radius 2 is 0.682 bits per heavy atom. The summed E-state index contributed by atoms with van der Waals surface area (Å²) in [5, 5.41) is 2.42. The minimum absolute atomic E-state index is 1.06. The lowest BCUT2D eigenvalue weighted by Crippen LogP contribution is -1.96. The second kappa shape index (κ2) is 5.81. The van der Waals surface area contributed by atoms with Crippen LogP contribution in [0.4, 0.5) is 0 Å². The Bertz CT molecular complexity index is 691. The number of hydrogen-bond donors (Lipinski definition) is 0. The third-order valence-corrected chi connectivity index (χ3v) is 4.00. The average Bonchev–Trinajstić information content (AvgIpc) is 2.43. The van der Waals surface area contributed by atoms with Crippen molar-refractivity contribution in [1.29, 1.82) is 0 Å². The minimum atomic E-state index is 1.06.